The molecule has 5 rings (SSSR count). The molecule has 36 heavy (non-hydrogen) atoms. The molecular formula is C24H28Cl2N4O5S. The third kappa shape index (κ3) is 5.02. The molecule has 2 aromatic heterocycles. The summed E-state index contributed by atoms with van der Waals surface area (Å²) >= 11 is 13.1. The minimum Gasteiger partial charge on any atom is -0.469 e. The van der Waals surface area contributed by atoms with Crippen molar-refractivity contribution in [2.45, 2.75) is 57.3 Å². The Bertz CT molecular complexity index is 1400. The van der Waals surface area contributed by atoms with Crippen LogP contribution in [0.15, 0.2) is 24.5 Å². The molecule has 1 fully saturated rings. The second kappa shape index (κ2) is 10.3. The third-order valence-electron chi connectivity index (χ3n) is 6.84. The molecule has 2 atom stereocenters. The molecule has 1 saturated heterocycles. The quantitative estimate of drug-likeness (QED) is 0.436. The molecule has 0 spiro atoms. The number of fused-ring (bicyclic) bond motifs is 3. The number of nitrogens with one attached hydrogen (secondary N) is 1. The highest BCUT2D eigenvalue weighted by atomic mass is 35.5. The van der Waals surface area contributed by atoms with Crippen LogP contribution in [-0.4, -0.2) is 54.2 Å². The first kappa shape index (κ1) is 25.5. The lowest BCUT2D eigenvalue weighted by Crippen LogP contribution is -2.42. The molecule has 0 bridgehead atoms. The fourth-order valence-electron chi connectivity index (χ4n) is 5.12. The molecule has 4 heterocycles. The summed E-state index contributed by atoms with van der Waals surface area (Å²) in [6.07, 6.45) is 7.92. The van der Waals surface area contributed by atoms with Crippen molar-refractivity contribution in [2.75, 3.05) is 19.5 Å². The van der Waals surface area contributed by atoms with Gasteiger partial charge in [-0.3, -0.25) is 4.79 Å². The van der Waals surface area contributed by atoms with E-state index in [-0.39, 0.29) is 24.4 Å². The van der Waals surface area contributed by atoms with E-state index < -0.39 is 16.0 Å². The summed E-state index contributed by atoms with van der Waals surface area (Å²) < 4.78 is 42.3. The van der Waals surface area contributed by atoms with E-state index in [1.807, 2.05) is 23.1 Å². The largest absolute Gasteiger partial charge is 0.469 e. The van der Waals surface area contributed by atoms with E-state index in [1.54, 1.807) is 6.07 Å². The molecule has 9 nitrogen and oxygen atoms in total. The van der Waals surface area contributed by atoms with Gasteiger partial charge in [-0.15, -0.1) is 0 Å². The van der Waals surface area contributed by atoms with E-state index in [4.69, 9.17) is 27.9 Å². The van der Waals surface area contributed by atoms with Gasteiger partial charge in [-0.05, 0) is 38.2 Å². The van der Waals surface area contributed by atoms with Crippen LogP contribution in [0.3, 0.4) is 0 Å². The van der Waals surface area contributed by atoms with E-state index in [9.17, 15) is 13.2 Å². The number of aromatic nitrogens is 3. The van der Waals surface area contributed by atoms with Crippen LogP contribution in [0.4, 0.5) is 0 Å². The lowest BCUT2D eigenvalue weighted by molar-refractivity contribution is -0.140. The predicted octanol–water partition coefficient (Wildman–Crippen LogP) is 4.31. The van der Waals surface area contributed by atoms with Gasteiger partial charge in [-0.1, -0.05) is 29.3 Å². The summed E-state index contributed by atoms with van der Waals surface area (Å²) in [5.74, 6) is -0.886. The van der Waals surface area contributed by atoms with E-state index in [1.165, 1.54) is 7.11 Å². The van der Waals surface area contributed by atoms with Crippen molar-refractivity contribution in [2.24, 2.45) is 0 Å². The Labute approximate surface area is 219 Å². The maximum absolute atomic E-state index is 12.6. The average Bonchev–Trinajstić information content (AvgIpc) is 3.48. The van der Waals surface area contributed by atoms with Crippen LogP contribution >= 0.6 is 23.2 Å². The summed E-state index contributed by atoms with van der Waals surface area (Å²) in [5.41, 5.74) is 3.81. The number of esters is 1. The van der Waals surface area contributed by atoms with E-state index in [0.717, 1.165) is 53.6 Å². The molecule has 194 valence electrons. The van der Waals surface area contributed by atoms with Crippen molar-refractivity contribution < 1.29 is 22.7 Å². The first-order chi connectivity index (χ1) is 17.3. The van der Waals surface area contributed by atoms with Crippen LogP contribution in [0, 0.1) is 0 Å². The highest BCUT2D eigenvalue weighted by molar-refractivity contribution is 7.89. The number of rotatable bonds is 7. The fourth-order valence-corrected chi connectivity index (χ4v) is 6.80. The van der Waals surface area contributed by atoms with Gasteiger partial charge in [0.2, 0.25) is 10.0 Å². The number of hydrogen-bond acceptors (Lipinski definition) is 6. The maximum atomic E-state index is 12.6. The topological polar surface area (TPSA) is 104 Å². The van der Waals surface area contributed by atoms with Gasteiger partial charge < -0.3 is 14.0 Å². The van der Waals surface area contributed by atoms with Gasteiger partial charge in [-0.25, -0.2) is 17.8 Å². The Morgan fingerprint density at radius 2 is 2.11 bits per heavy atom. The molecule has 2 aliphatic heterocycles. The number of carbonyl (C=O) groups excluding carboxylic acids is 1. The van der Waals surface area contributed by atoms with Crippen molar-refractivity contribution in [3.05, 3.63) is 40.3 Å². The molecule has 1 aromatic carbocycles. The second-order valence-electron chi connectivity index (χ2n) is 9.22. The van der Waals surface area contributed by atoms with Crippen LogP contribution in [0.25, 0.3) is 22.0 Å². The smallest absolute Gasteiger partial charge is 0.306 e. The lowest BCUT2D eigenvalue weighted by Gasteiger charge is -2.27. The fraction of sp³-hybridized carbons (Fsp3) is 0.500. The van der Waals surface area contributed by atoms with Crippen molar-refractivity contribution in [3.8, 4) is 11.1 Å². The van der Waals surface area contributed by atoms with E-state index >= 15 is 0 Å². The lowest BCUT2D eigenvalue weighted by atomic mass is 9.99. The molecule has 2 unspecified atom stereocenters. The number of nitrogens with zero attached hydrogens (tertiary/aromatic N) is 3. The molecule has 0 radical (unpaired) electrons. The molecule has 0 amide bonds. The number of sulfonamides is 1. The average molecular weight is 555 g/mol. The molecule has 12 heteroatoms. The number of methoxy groups -OCH3 is 1. The Morgan fingerprint density at radius 3 is 2.86 bits per heavy atom. The summed E-state index contributed by atoms with van der Waals surface area (Å²) in [6, 6.07) is 3.38. The van der Waals surface area contributed by atoms with Gasteiger partial charge in [0, 0.05) is 47.6 Å². The highest BCUT2D eigenvalue weighted by Gasteiger charge is 2.30. The SMILES string of the molecule is COC(=O)CCS(=O)(=O)NC1CCc2c(-c3cnn(C4CCCCO4)c3)c3ccc(Cl)c(Cl)c3n2C1. The summed E-state index contributed by atoms with van der Waals surface area (Å²) in [4.78, 5) is 11.4. The predicted molar refractivity (Wildman–Crippen MR) is 138 cm³/mol. The monoisotopic (exact) mass is 554 g/mol. The number of hydrogen-bond donors (Lipinski definition) is 1. The Kier molecular flexibility index (Phi) is 7.33. The first-order valence-electron chi connectivity index (χ1n) is 12.0. The first-order valence-corrected chi connectivity index (χ1v) is 14.4. The second-order valence-corrected chi connectivity index (χ2v) is 11.9. The van der Waals surface area contributed by atoms with Crippen LogP contribution in [0.5, 0.6) is 0 Å². The molecule has 2 aliphatic rings. The Balaban J connectivity index is 1.48. The van der Waals surface area contributed by atoms with Gasteiger partial charge in [0.25, 0.3) is 0 Å². The standard InChI is InChI=1S/C24H28Cl2N4O5S/c1-34-21(31)9-11-36(32,33)28-16-5-8-19-22(15-12-27-30(13-15)20-4-2-3-10-35-20)17-6-7-18(25)23(26)24(17)29(19)14-16/h6-7,12-13,16,20,28H,2-5,8-11,14H2,1H3. The third-order valence-corrected chi connectivity index (χ3v) is 9.07. The zero-order chi connectivity index (χ0) is 25.4. The minimum atomic E-state index is -3.67. The van der Waals surface area contributed by atoms with Crippen LogP contribution < -0.4 is 4.72 Å². The van der Waals surface area contributed by atoms with Gasteiger partial charge in [0.15, 0.2) is 0 Å². The van der Waals surface area contributed by atoms with Crippen molar-refractivity contribution >= 4 is 50.1 Å². The van der Waals surface area contributed by atoms with Gasteiger partial charge >= 0.3 is 5.97 Å². The van der Waals surface area contributed by atoms with Gasteiger partial charge in [0.1, 0.15) is 6.23 Å². The summed E-state index contributed by atoms with van der Waals surface area (Å²) in [5, 5.41) is 6.40. The minimum absolute atomic E-state index is 0.0704. The van der Waals surface area contributed by atoms with Crippen LogP contribution in [0.1, 0.15) is 44.0 Å². The zero-order valence-electron chi connectivity index (χ0n) is 19.9. The maximum Gasteiger partial charge on any atom is 0.306 e. The Morgan fingerprint density at radius 1 is 1.28 bits per heavy atom. The van der Waals surface area contributed by atoms with E-state index in [0.29, 0.717) is 29.4 Å². The van der Waals surface area contributed by atoms with Crippen molar-refractivity contribution in [1.82, 2.24) is 19.1 Å². The van der Waals surface area contributed by atoms with Gasteiger partial charge in [-0.2, -0.15) is 5.10 Å². The number of carbonyl (C=O) groups is 1. The van der Waals surface area contributed by atoms with Crippen molar-refractivity contribution in [1.29, 1.82) is 0 Å². The number of ether oxygens (including phenoxy) is 2. The van der Waals surface area contributed by atoms with Crippen LogP contribution in [-0.2, 0) is 37.3 Å². The zero-order valence-corrected chi connectivity index (χ0v) is 22.2. The van der Waals surface area contributed by atoms with E-state index in [2.05, 4.69) is 19.1 Å². The number of benzene rings is 1. The molecule has 1 N–H and O–H groups in total. The highest BCUT2D eigenvalue weighted by Crippen LogP contribution is 2.43. The molecule has 0 saturated carbocycles. The summed E-state index contributed by atoms with van der Waals surface area (Å²) in [7, 11) is -2.43. The Hall–Kier alpha value is -2.11. The van der Waals surface area contributed by atoms with Crippen molar-refractivity contribution in [3.63, 3.8) is 0 Å². The summed E-state index contributed by atoms with van der Waals surface area (Å²) in [6.45, 7) is 1.12. The molecular weight excluding hydrogens is 527 g/mol. The number of halogens is 2. The normalized spacial score (nSPS) is 20.4. The van der Waals surface area contributed by atoms with Crippen LogP contribution in [0.2, 0.25) is 10.0 Å². The molecule has 0 aliphatic carbocycles. The molecule has 3 aromatic rings. The van der Waals surface area contributed by atoms with Gasteiger partial charge in [0.05, 0.1) is 41.0 Å².